The SMILES string of the molecule is O=C(NCCc1cccs1)N1CCOC(COc2ccc(C(F)(F)F)cn2)C1. The van der Waals surface area contributed by atoms with E-state index in [1.165, 1.54) is 10.9 Å². The van der Waals surface area contributed by atoms with Crippen LogP contribution < -0.4 is 10.1 Å². The number of amides is 2. The van der Waals surface area contributed by atoms with Gasteiger partial charge in [-0.25, -0.2) is 9.78 Å². The number of nitrogens with zero attached hydrogens (tertiary/aromatic N) is 2. The Bertz CT molecular complexity index is 754. The maximum atomic E-state index is 12.5. The van der Waals surface area contributed by atoms with Gasteiger partial charge in [0.15, 0.2) is 0 Å². The Morgan fingerprint density at radius 3 is 2.93 bits per heavy atom. The minimum Gasteiger partial charge on any atom is -0.475 e. The molecule has 1 aliphatic heterocycles. The summed E-state index contributed by atoms with van der Waals surface area (Å²) < 4.78 is 48.6. The lowest BCUT2D eigenvalue weighted by molar-refractivity contribution is -0.137. The molecule has 0 spiro atoms. The predicted octanol–water partition coefficient (Wildman–Crippen LogP) is 3.19. The van der Waals surface area contributed by atoms with Gasteiger partial charge in [-0.3, -0.25) is 0 Å². The van der Waals surface area contributed by atoms with Gasteiger partial charge in [-0.2, -0.15) is 13.2 Å². The third-order valence-electron chi connectivity index (χ3n) is 4.13. The van der Waals surface area contributed by atoms with E-state index in [0.717, 1.165) is 18.7 Å². The van der Waals surface area contributed by atoms with Crippen LogP contribution in [0.15, 0.2) is 35.8 Å². The van der Waals surface area contributed by atoms with Crippen LogP contribution in [0.25, 0.3) is 0 Å². The van der Waals surface area contributed by atoms with Crippen molar-refractivity contribution in [3.05, 3.63) is 46.3 Å². The number of nitrogens with one attached hydrogen (secondary N) is 1. The van der Waals surface area contributed by atoms with Crippen LogP contribution in [0.1, 0.15) is 10.4 Å². The van der Waals surface area contributed by atoms with Gasteiger partial charge in [-0.05, 0) is 23.9 Å². The number of urea groups is 1. The number of thiophene rings is 1. The monoisotopic (exact) mass is 415 g/mol. The molecule has 0 bridgehead atoms. The van der Waals surface area contributed by atoms with E-state index >= 15 is 0 Å². The molecule has 1 atom stereocenters. The standard InChI is InChI=1S/C18H20F3N3O3S/c19-18(20,21)13-3-4-16(23-10-13)27-12-14-11-24(7-8-26-14)17(25)22-6-5-15-2-1-9-28-15/h1-4,9-10,14H,5-8,11-12H2,(H,22,25). The topological polar surface area (TPSA) is 63.7 Å². The molecule has 2 amide bonds. The molecule has 0 aliphatic carbocycles. The fourth-order valence-corrected chi connectivity index (χ4v) is 3.38. The lowest BCUT2D eigenvalue weighted by Crippen LogP contribution is -2.51. The average Bonchev–Trinajstić information content (AvgIpc) is 3.20. The highest BCUT2D eigenvalue weighted by atomic mass is 32.1. The van der Waals surface area contributed by atoms with Crippen molar-refractivity contribution in [1.82, 2.24) is 15.2 Å². The van der Waals surface area contributed by atoms with E-state index in [9.17, 15) is 18.0 Å². The number of carbonyl (C=O) groups is 1. The summed E-state index contributed by atoms with van der Waals surface area (Å²) in [5.74, 6) is 0.0779. The number of hydrogen-bond donors (Lipinski definition) is 1. The summed E-state index contributed by atoms with van der Waals surface area (Å²) in [5, 5.41) is 4.88. The molecule has 0 aromatic carbocycles. The molecular weight excluding hydrogens is 395 g/mol. The van der Waals surface area contributed by atoms with Crippen LogP contribution >= 0.6 is 11.3 Å². The van der Waals surface area contributed by atoms with Gasteiger partial charge in [0.1, 0.15) is 12.7 Å². The molecule has 1 N–H and O–H groups in total. The zero-order chi connectivity index (χ0) is 20.0. The first-order valence-corrected chi connectivity index (χ1v) is 9.62. The van der Waals surface area contributed by atoms with Crippen LogP contribution in [-0.2, 0) is 17.3 Å². The number of halogens is 3. The molecule has 0 saturated carbocycles. The second kappa shape index (κ2) is 9.24. The van der Waals surface area contributed by atoms with E-state index in [1.807, 2.05) is 17.5 Å². The molecule has 1 saturated heterocycles. The molecule has 6 nitrogen and oxygen atoms in total. The van der Waals surface area contributed by atoms with Crippen molar-refractivity contribution >= 4 is 17.4 Å². The summed E-state index contributed by atoms with van der Waals surface area (Å²) in [5.41, 5.74) is -0.834. The average molecular weight is 415 g/mol. The molecule has 3 heterocycles. The van der Waals surface area contributed by atoms with Gasteiger partial charge in [0.05, 0.1) is 18.7 Å². The predicted molar refractivity (Wildman–Crippen MR) is 97.5 cm³/mol. The number of morpholine rings is 1. The summed E-state index contributed by atoms with van der Waals surface area (Å²) in [6.45, 7) is 1.82. The van der Waals surface area contributed by atoms with Crippen molar-refractivity contribution in [2.75, 3.05) is 32.8 Å². The fraction of sp³-hybridized carbons (Fsp3) is 0.444. The Hall–Kier alpha value is -2.33. The number of rotatable bonds is 6. The first-order chi connectivity index (χ1) is 13.4. The van der Waals surface area contributed by atoms with E-state index in [-0.39, 0.29) is 24.6 Å². The lowest BCUT2D eigenvalue weighted by Gasteiger charge is -2.32. The molecule has 152 valence electrons. The van der Waals surface area contributed by atoms with Gasteiger partial charge in [-0.1, -0.05) is 6.07 Å². The van der Waals surface area contributed by atoms with E-state index in [2.05, 4.69) is 10.3 Å². The molecule has 2 aromatic heterocycles. The number of carbonyl (C=O) groups excluding carboxylic acids is 1. The van der Waals surface area contributed by atoms with Crippen LogP contribution in [0.4, 0.5) is 18.0 Å². The summed E-state index contributed by atoms with van der Waals surface area (Å²) in [6.07, 6.45) is -3.31. The Morgan fingerprint density at radius 1 is 1.39 bits per heavy atom. The third-order valence-corrected chi connectivity index (χ3v) is 5.07. The van der Waals surface area contributed by atoms with E-state index in [1.54, 1.807) is 16.2 Å². The first kappa shape index (κ1) is 20.4. The number of alkyl halides is 3. The molecule has 1 aliphatic rings. The maximum absolute atomic E-state index is 12.5. The third kappa shape index (κ3) is 5.83. The van der Waals surface area contributed by atoms with Gasteiger partial charge in [-0.15, -0.1) is 11.3 Å². The molecular formula is C18H20F3N3O3S. The van der Waals surface area contributed by atoms with Crippen molar-refractivity contribution in [1.29, 1.82) is 0 Å². The molecule has 10 heteroatoms. The molecule has 0 radical (unpaired) electrons. The smallest absolute Gasteiger partial charge is 0.417 e. The highest BCUT2D eigenvalue weighted by Gasteiger charge is 2.31. The Balaban J connectivity index is 1.42. The maximum Gasteiger partial charge on any atom is 0.417 e. The van der Waals surface area contributed by atoms with Gasteiger partial charge >= 0.3 is 12.2 Å². The number of pyridine rings is 1. The van der Waals surface area contributed by atoms with E-state index in [0.29, 0.717) is 26.2 Å². The van der Waals surface area contributed by atoms with Crippen molar-refractivity contribution in [3.63, 3.8) is 0 Å². The van der Waals surface area contributed by atoms with Crippen LogP contribution in [0, 0.1) is 0 Å². The second-order valence-electron chi connectivity index (χ2n) is 6.19. The molecule has 28 heavy (non-hydrogen) atoms. The van der Waals surface area contributed by atoms with Crippen molar-refractivity contribution < 1.29 is 27.4 Å². The summed E-state index contributed by atoms with van der Waals surface area (Å²) in [7, 11) is 0. The summed E-state index contributed by atoms with van der Waals surface area (Å²) >= 11 is 1.65. The largest absolute Gasteiger partial charge is 0.475 e. The minimum atomic E-state index is -4.44. The van der Waals surface area contributed by atoms with Crippen molar-refractivity contribution in [3.8, 4) is 5.88 Å². The second-order valence-corrected chi connectivity index (χ2v) is 7.23. The molecule has 3 rings (SSSR count). The molecule has 1 unspecified atom stereocenters. The highest BCUT2D eigenvalue weighted by Crippen LogP contribution is 2.29. The summed E-state index contributed by atoms with van der Waals surface area (Å²) in [6, 6.07) is 5.91. The van der Waals surface area contributed by atoms with Gasteiger partial charge in [0.25, 0.3) is 0 Å². The number of aromatic nitrogens is 1. The zero-order valence-electron chi connectivity index (χ0n) is 14.9. The van der Waals surface area contributed by atoms with Gasteiger partial charge in [0, 0.05) is 30.2 Å². The minimum absolute atomic E-state index is 0.0779. The van der Waals surface area contributed by atoms with Crippen LogP contribution in [0.3, 0.4) is 0 Å². The van der Waals surface area contributed by atoms with Crippen molar-refractivity contribution in [2.24, 2.45) is 0 Å². The first-order valence-electron chi connectivity index (χ1n) is 8.74. The van der Waals surface area contributed by atoms with Crippen LogP contribution in [0.5, 0.6) is 5.88 Å². The number of ether oxygens (including phenoxy) is 2. The zero-order valence-corrected chi connectivity index (χ0v) is 15.8. The Morgan fingerprint density at radius 2 is 2.25 bits per heavy atom. The highest BCUT2D eigenvalue weighted by molar-refractivity contribution is 7.09. The van der Waals surface area contributed by atoms with Crippen LogP contribution in [0.2, 0.25) is 0 Å². The van der Waals surface area contributed by atoms with Crippen molar-refractivity contribution in [2.45, 2.75) is 18.7 Å². The van der Waals surface area contributed by atoms with Crippen LogP contribution in [-0.4, -0.2) is 54.9 Å². The summed E-state index contributed by atoms with van der Waals surface area (Å²) in [4.78, 5) is 18.8. The molecule has 2 aromatic rings. The fourth-order valence-electron chi connectivity index (χ4n) is 2.68. The Kier molecular flexibility index (Phi) is 6.74. The van der Waals surface area contributed by atoms with Gasteiger partial charge < -0.3 is 19.7 Å². The van der Waals surface area contributed by atoms with Gasteiger partial charge in [0.2, 0.25) is 5.88 Å². The number of hydrogen-bond acceptors (Lipinski definition) is 5. The molecule has 1 fully saturated rings. The lowest BCUT2D eigenvalue weighted by atomic mass is 10.3. The Labute approximate surface area is 164 Å². The quantitative estimate of drug-likeness (QED) is 0.787. The normalized spacial score (nSPS) is 17.4. The van der Waals surface area contributed by atoms with E-state index in [4.69, 9.17) is 9.47 Å². The van der Waals surface area contributed by atoms with E-state index < -0.39 is 11.7 Å².